The molecule has 1 aliphatic rings. The summed E-state index contributed by atoms with van der Waals surface area (Å²) >= 11 is 0. The number of pyridine rings is 1. The van der Waals surface area contributed by atoms with Crippen LogP contribution in [0.3, 0.4) is 0 Å². The molecule has 0 spiro atoms. The van der Waals surface area contributed by atoms with Crippen LogP contribution in [-0.4, -0.2) is 11.1 Å². The van der Waals surface area contributed by atoms with E-state index in [1.165, 1.54) is 17.7 Å². The van der Waals surface area contributed by atoms with Crippen molar-refractivity contribution in [3.05, 3.63) is 57.5 Å². The zero-order valence-corrected chi connectivity index (χ0v) is 11.4. The van der Waals surface area contributed by atoms with E-state index >= 15 is 0 Å². The number of fused-ring (bicyclic) bond motifs is 1. The topological polar surface area (TPSA) is 34.0 Å². The Kier molecular flexibility index (Phi) is 2.90. The molecular formula is C16H18N2O. The maximum Gasteiger partial charge on any atom is 0.182 e. The molecule has 2 heterocycles. The van der Waals surface area contributed by atoms with E-state index in [0.29, 0.717) is 0 Å². The van der Waals surface area contributed by atoms with E-state index in [0.717, 1.165) is 30.0 Å². The Balaban J connectivity index is 2.15. The van der Waals surface area contributed by atoms with Crippen LogP contribution >= 0.6 is 0 Å². The van der Waals surface area contributed by atoms with Crippen LogP contribution in [0.1, 0.15) is 23.4 Å². The first-order valence-corrected chi connectivity index (χ1v) is 6.72. The fourth-order valence-corrected chi connectivity index (χ4v) is 2.86. The van der Waals surface area contributed by atoms with Crippen LogP contribution in [0.2, 0.25) is 0 Å². The largest absolute Gasteiger partial charge is 0.385 e. The SMILES string of the molecule is Cc1cc(=O)cc(C)n1-c1ccc2c(c1)NCCC2. The van der Waals surface area contributed by atoms with Gasteiger partial charge in [0.2, 0.25) is 0 Å². The van der Waals surface area contributed by atoms with Crippen LogP contribution in [0.25, 0.3) is 5.69 Å². The Morgan fingerprint density at radius 2 is 1.84 bits per heavy atom. The summed E-state index contributed by atoms with van der Waals surface area (Å²) in [5.41, 5.74) is 5.74. The first kappa shape index (κ1) is 12.0. The smallest absolute Gasteiger partial charge is 0.182 e. The second kappa shape index (κ2) is 4.57. The minimum Gasteiger partial charge on any atom is -0.385 e. The van der Waals surface area contributed by atoms with Crippen molar-refractivity contribution in [2.75, 3.05) is 11.9 Å². The molecule has 3 rings (SSSR count). The molecule has 0 bridgehead atoms. The zero-order chi connectivity index (χ0) is 13.4. The molecule has 1 aromatic carbocycles. The number of aromatic nitrogens is 1. The molecule has 0 fully saturated rings. The molecule has 0 amide bonds. The lowest BCUT2D eigenvalue weighted by atomic mass is 10.0. The van der Waals surface area contributed by atoms with Gasteiger partial charge in [-0.05, 0) is 44.4 Å². The van der Waals surface area contributed by atoms with E-state index in [-0.39, 0.29) is 5.43 Å². The lowest BCUT2D eigenvalue weighted by Gasteiger charge is -2.21. The summed E-state index contributed by atoms with van der Waals surface area (Å²) in [4.78, 5) is 11.5. The van der Waals surface area contributed by atoms with Crippen molar-refractivity contribution in [3.8, 4) is 5.69 Å². The number of nitrogens with zero attached hydrogens (tertiary/aromatic N) is 1. The lowest BCUT2D eigenvalue weighted by Crippen LogP contribution is -2.14. The van der Waals surface area contributed by atoms with E-state index in [1.807, 2.05) is 13.8 Å². The summed E-state index contributed by atoms with van der Waals surface area (Å²) in [7, 11) is 0. The molecule has 0 radical (unpaired) electrons. The Labute approximate surface area is 112 Å². The van der Waals surface area contributed by atoms with Crippen molar-refractivity contribution < 1.29 is 0 Å². The molecule has 1 aliphatic heterocycles. The number of hydrogen-bond acceptors (Lipinski definition) is 2. The second-order valence-electron chi connectivity index (χ2n) is 5.18. The van der Waals surface area contributed by atoms with Crippen molar-refractivity contribution in [1.29, 1.82) is 0 Å². The first-order valence-electron chi connectivity index (χ1n) is 6.72. The number of benzene rings is 1. The Morgan fingerprint density at radius 1 is 1.11 bits per heavy atom. The van der Waals surface area contributed by atoms with Gasteiger partial charge in [-0.2, -0.15) is 0 Å². The summed E-state index contributed by atoms with van der Waals surface area (Å²) in [6, 6.07) is 9.86. The average molecular weight is 254 g/mol. The van der Waals surface area contributed by atoms with Gasteiger partial charge in [0, 0.05) is 41.4 Å². The van der Waals surface area contributed by atoms with E-state index < -0.39 is 0 Å². The van der Waals surface area contributed by atoms with E-state index in [4.69, 9.17) is 0 Å². The van der Waals surface area contributed by atoms with Gasteiger partial charge in [0.25, 0.3) is 0 Å². The van der Waals surface area contributed by atoms with Gasteiger partial charge < -0.3 is 9.88 Å². The molecule has 3 heteroatoms. The molecule has 0 aliphatic carbocycles. The van der Waals surface area contributed by atoms with Crippen LogP contribution in [0.15, 0.2) is 35.1 Å². The standard InChI is InChI=1S/C16H18N2O/c1-11-8-15(19)9-12(2)18(11)14-6-5-13-4-3-7-17-16(13)10-14/h5-6,8-10,17H,3-4,7H2,1-2H3. The third-order valence-electron chi connectivity index (χ3n) is 3.70. The Morgan fingerprint density at radius 3 is 2.58 bits per heavy atom. The van der Waals surface area contributed by atoms with E-state index in [9.17, 15) is 4.79 Å². The maximum absolute atomic E-state index is 11.5. The van der Waals surface area contributed by atoms with Crippen LogP contribution in [0.4, 0.5) is 5.69 Å². The summed E-state index contributed by atoms with van der Waals surface area (Å²) in [6.07, 6.45) is 2.34. The van der Waals surface area contributed by atoms with E-state index in [1.54, 1.807) is 12.1 Å². The average Bonchev–Trinajstić information content (AvgIpc) is 2.37. The lowest BCUT2D eigenvalue weighted by molar-refractivity contribution is 0.827. The first-order chi connectivity index (χ1) is 9.15. The van der Waals surface area contributed by atoms with Crippen molar-refractivity contribution in [2.45, 2.75) is 26.7 Å². The number of hydrogen-bond donors (Lipinski definition) is 1. The van der Waals surface area contributed by atoms with Crippen molar-refractivity contribution >= 4 is 5.69 Å². The summed E-state index contributed by atoms with van der Waals surface area (Å²) in [5.74, 6) is 0. The number of nitrogens with one attached hydrogen (secondary N) is 1. The van der Waals surface area contributed by atoms with Gasteiger partial charge in [0.05, 0.1) is 0 Å². The van der Waals surface area contributed by atoms with Crippen LogP contribution in [0, 0.1) is 13.8 Å². The number of aryl methyl sites for hydroxylation is 3. The summed E-state index contributed by atoms with van der Waals surface area (Å²) < 4.78 is 2.12. The highest BCUT2D eigenvalue weighted by Crippen LogP contribution is 2.25. The molecule has 1 aromatic heterocycles. The summed E-state index contributed by atoms with van der Waals surface area (Å²) in [6.45, 7) is 4.99. The van der Waals surface area contributed by atoms with E-state index in [2.05, 4.69) is 28.1 Å². The van der Waals surface area contributed by atoms with Crippen molar-refractivity contribution in [3.63, 3.8) is 0 Å². The number of rotatable bonds is 1. The molecule has 3 nitrogen and oxygen atoms in total. The maximum atomic E-state index is 11.5. The molecule has 0 saturated heterocycles. The third-order valence-corrected chi connectivity index (χ3v) is 3.70. The highest BCUT2D eigenvalue weighted by molar-refractivity contribution is 5.59. The molecule has 2 aromatic rings. The van der Waals surface area contributed by atoms with Gasteiger partial charge in [-0.15, -0.1) is 0 Å². The summed E-state index contributed by atoms with van der Waals surface area (Å²) in [5, 5.41) is 3.45. The molecule has 0 unspecified atom stereocenters. The van der Waals surface area contributed by atoms with Gasteiger partial charge in [-0.1, -0.05) is 6.07 Å². The highest BCUT2D eigenvalue weighted by Gasteiger charge is 2.11. The van der Waals surface area contributed by atoms with Crippen LogP contribution < -0.4 is 10.7 Å². The molecular weight excluding hydrogens is 236 g/mol. The van der Waals surface area contributed by atoms with Gasteiger partial charge in [-0.3, -0.25) is 4.79 Å². The normalized spacial score (nSPS) is 13.8. The van der Waals surface area contributed by atoms with Gasteiger partial charge in [0.1, 0.15) is 0 Å². The predicted octanol–water partition coefficient (Wildman–Crippen LogP) is 2.81. The quantitative estimate of drug-likeness (QED) is 0.849. The number of anilines is 1. The molecule has 19 heavy (non-hydrogen) atoms. The zero-order valence-electron chi connectivity index (χ0n) is 11.4. The van der Waals surface area contributed by atoms with Crippen molar-refractivity contribution in [2.24, 2.45) is 0 Å². The minimum absolute atomic E-state index is 0.0716. The van der Waals surface area contributed by atoms with Crippen molar-refractivity contribution in [1.82, 2.24) is 4.57 Å². The minimum atomic E-state index is 0.0716. The van der Waals surface area contributed by atoms with Gasteiger partial charge in [-0.25, -0.2) is 0 Å². The van der Waals surface area contributed by atoms with Gasteiger partial charge >= 0.3 is 0 Å². The highest BCUT2D eigenvalue weighted by atomic mass is 16.1. The molecule has 1 N–H and O–H groups in total. The second-order valence-corrected chi connectivity index (χ2v) is 5.18. The Hall–Kier alpha value is -2.03. The Bertz CT molecular complexity index is 659. The third kappa shape index (κ3) is 2.16. The van der Waals surface area contributed by atoms with Crippen LogP contribution in [0.5, 0.6) is 0 Å². The molecule has 98 valence electrons. The fourth-order valence-electron chi connectivity index (χ4n) is 2.86. The monoisotopic (exact) mass is 254 g/mol. The predicted molar refractivity (Wildman–Crippen MR) is 78.3 cm³/mol. The van der Waals surface area contributed by atoms with Gasteiger partial charge in [0.15, 0.2) is 5.43 Å². The fraction of sp³-hybridized carbons (Fsp3) is 0.312. The van der Waals surface area contributed by atoms with Crippen LogP contribution in [-0.2, 0) is 6.42 Å². The molecule has 0 atom stereocenters. The molecule has 0 saturated carbocycles.